The second-order valence-electron chi connectivity index (χ2n) is 14.3. The molecule has 0 saturated heterocycles. The van der Waals surface area contributed by atoms with E-state index in [1.54, 1.807) is 12.1 Å². The SMILES string of the molecule is CC(C)c1c(-c2ccccc2F)c(N2c3ccccc3Oc3ccccc32)c(C(C)C)c(N2c3ccccc3Oc3ccccc32)c1-c1ccccc1F. The molecule has 266 valence electrons. The average molecular weight is 713 g/mol. The molecule has 0 aliphatic carbocycles. The van der Waals surface area contributed by atoms with Gasteiger partial charge in [0.2, 0.25) is 0 Å². The van der Waals surface area contributed by atoms with Crippen LogP contribution in [-0.4, -0.2) is 0 Å². The molecule has 0 spiro atoms. The minimum Gasteiger partial charge on any atom is -0.453 e. The van der Waals surface area contributed by atoms with Crippen molar-refractivity contribution in [3.05, 3.63) is 168 Å². The van der Waals surface area contributed by atoms with Crippen LogP contribution in [0.2, 0.25) is 0 Å². The third kappa shape index (κ3) is 5.24. The maximum atomic E-state index is 16.7. The normalized spacial score (nSPS) is 12.8. The summed E-state index contributed by atoms with van der Waals surface area (Å²) < 4.78 is 46.5. The van der Waals surface area contributed by atoms with Crippen LogP contribution < -0.4 is 19.3 Å². The van der Waals surface area contributed by atoms with Gasteiger partial charge >= 0.3 is 0 Å². The van der Waals surface area contributed by atoms with Crippen molar-refractivity contribution in [3.8, 4) is 45.3 Å². The summed E-state index contributed by atoms with van der Waals surface area (Å²) in [7, 11) is 0. The molecule has 0 unspecified atom stereocenters. The van der Waals surface area contributed by atoms with Crippen molar-refractivity contribution in [2.75, 3.05) is 9.80 Å². The first-order valence-electron chi connectivity index (χ1n) is 18.4. The van der Waals surface area contributed by atoms with E-state index in [2.05, 4.69) is 37.5 Å². The molecule has 7 aromatic carbocycles. The lowest BCUT2D eigenvalue weighted by Crippen LogP contribution is -2.24. The predicted molar refractivity (Wildman–Crippen MR) is 215 cm³/mol. The monoisotopic (exact) mass is 712 g/mol. The first-order valence-corrected chi connectivity index (χ1v) is 18.4. The number of para-hydroxylation sites is 8. The summed E-state index contributed by atoms with van der Waals surface area (Å²) >= 11 is 0. The van der Waals surface area contributed by atoms with Crippen molar-refractivity contribution < 1.29 is 18.3 Å². The van der Waals surface area contributed by atoms with Crippen LogP contribution in [0.3, 0.4) is 0 Å². The Balaban J connectivity index is 1.57. The van der Waals surface area contributed by atoms with Crippen LogP contribution in [0.4, 0.5) is 42.9 Å². The van der Waals surface area contributed by atoms with Gasteiger partial charge in [-0.15, -0.1) is 0 Å². The molecular weight excluding hydrogens is 675 g/mol. The first-order chi connectivity index (χ1) is 26.3. The van der Waals surface area contributed by atoms with Gasteiger partial charge in [-0.3, -0.25) is 0 Å². The van der Waals surface area contributed by atoms with Crippen LogP contribution in [0.15, 0.2) is 146 Å². The maximum absolute atomic E-state index is 16.7. The van der Waals surface area contributed by atoms with Gasteiger partial charge in [-0.25, -0.2) is 8.78 Å². The Morgan fingerprint density at radius 1 is 0.389 bits per heavy atom. The smallest absolute Gasteiger partial charge is 0.151 e. The highest BCUT2D eigenvalue weighted by Gasteiger charge is 2.40. The number of nitrogens with zero attached hydrogens (tertiary/aromatic N) is 2. The second kappa shape index (κ2) is 13.2. The fourth-order valence-electron chi connectivity index (χ4n) is 8.11. The number of halogens is 2. The molecule has 7 aromatic rings. The van der Waals surface area contributed by atoms with Gasteiger partial charge in [0.05, 0.1) is 34.1 Å². The molecule has 54 heavy (non-hydrogen) atoms. The summed E-state index contributed by atoms with van der Waals surface area (Å²) in [6.45, 7) is 8.53. The topological polar surface area (TPSA) is 24.9 Å². The fraction of sp³-hybridized carbons (Fsp3) is 0.125. The molecule has 0 N–H and O–H groups in total. The Hall–Kier alpha value is -6.40. The molecule has 6 heteroatoms. The summed E-state index contributed by atoms with van der Waals surface area (Å²) in [5.74, 6) is 1.65. The van der Waals surface area contributed by atoms with Crippen LogP contribution in [0.25, 0.3) is 22.3 Å². The molecule has 2 heterocycles. The van der Waals surface area contributed by atoms with Crippen molar-refractivity contribution in [3.63, 3.8) is 0 Å². The lowest BCUT2D eigenvalue weighted by atomic mass is 9.78. The van der Waals surface area contributed by atoms with E-state index in [0.717, 1.165) is 45.3 Å². The minimum absolute atomic E-state index is 0.156. The summed E-state index contributed by atoms with van der Waals surface area (Å²) in [5.41, 5.74) is 8.89. The average Bonchev–Trinajstić information content (AvgIpc) is 3.18. The van der Waals surface area contributed by atoms with Gasteiger partial charge in [-0.05, 0) is 78.1 Å². The van der Waals surface area contributed by atoms with Gasteiger partial charge in [-0.2, -0.15) is 0 Å². The maximum Gasteiger partial charge on any atom is 0.151 e. The van der Waals surface area contributed by atoms with Crippen LogP contribution in [-0.2, 0) is 0 Å². The zero-order valence-electron chi connectivity index (χ0n) is 30.5. The first kappa shape index (κ1) is 33.4. The van der Waals surface area contributed by atoms with Gasteiger partial charge in [0.1, 0.15) is 11.6 Å². The van der Waals surface area contributed by atoms with Gasteiger partial charge in [0.25, 0.3) is 0 Å². The van der Waals surface area contributed by atoms with Crippen LogP contribution in [0.5, 0.6) is 23.0 Å². The molecule has 0 fully saturated rings. The number of hydrogen-bond donors (Lipinski definition) is 0. The molecule has 0 amide bonds. The third-order valence-electron chi connectivity index (χ3n) is 10.3. The van der Waals surface area contributed by atoms with E-state index in [1.807, 2.05) is 121 Å². The molecule has 2 aliphatic rings. The minimum atomic E-state index is -0.362. The molecule has 4 nitrogen and oxygen atoms in total. The number of hydrogen-bond acceptors (Lipinski definition) is 4. The summed E-state index contributed by atoms with van der Waals surface area (Å²) in [6, 6.07) is 45.7. The zero-order valence-corrected chi connectivity index (χ0v) is 30.5. The third-order valence-corrected chi connectivity index (χ3v) is 10.3. The molecule has 0 aromatic heterocycles. The largest absolute Gasteiger partial charge is 0.453 e. The van der Waals surface area contributed by atoms with E-state index in [4.69, 9.17) is 9.47 Å². The van der Waals surface area contributed by atoms with Gasteiger partial charge < -0.3 is 19.3 Å². The summed E-state index contributed by atoms with van der Waals surface area (Å²) in [6.07, 6.45) is 0. The van der Waals surface area contributed by atoms with E-state index in [-0.39, 0.29) is 23.5 Å². The number of rotatable bonds is 6. The summed E-state index contributed by atoms with van der Waals surface area (Å²) in [5, 5.41) is 0. The molecule has 0 saturated carbocycles. The Morgan fingerprint density at radius 2 is 0.685 bits per heavy atom. The van der Waals surface area contributed by atoms with Gasteiger partial charge in [0.15, 0.2) is 23.0 Å². The molecular formula is C48H38F2N2O2. The highest BCUT2D eigenvalue weighted by molar-refractivity contribution is 6.07. The van der Waals surface area contributed by atoms with Crippen molar-refractivity contribution >= 4 is 34.1 Å². The van der Waals surface area contributed by atoms with Crippen LogP contribution >= 0.6 is 0 Å². The lowest BCUT2D eigenvalue weighted by Gasteiger charge is -2.42. The molecule has 0 bridgehead atoms. The number of ether oxygens (including phenoxy) is 2. The fourth-order valence-corrected chi connectivity index (χ4v) is 8.11. The Labute approximate surface area is 314 Å². The van der Waals surface area contributed by atoms with Crippen molar-refractivity contribution in [2.45, 2.75) is 39.5 Å². The Kier molecular flexibility index (Phi) is 8.19. The number of anilines is 6. The summed E-state index contributed by atoms with van der Waals surface area (Å²) in [4.78, 5) is 4.45. The molecule has 9 rings (SSSR count). The zero-order chi connectivity index (χ0) is 37.1. The number of fused-ring (bicyclic) bond motifs is 4. The van der Waals surface area contributed by atoms with Crippen LogP contribution in [0, 0.1) is 11.6 Å². The molecule has 0 radical (unpaired) electrons. The molecule has 2 aliphatic heterocycles. The van der Waals surface area contributed by atoms with Crippen LogP contribution in [0.1, 0.15) is 50.7 Å². The molecule has 0 atom stereocenters. The highest BCUT2D eigenvalue weighted by atomic mass is 19.1. The van der Waals surface area contributed by atoms with E-state index in [0.29, 0.717) is 45.3 Å². The van der Waals surface area contributed by atoms with E-state index < -0.39 is 0 Å². The van der Waals surface area contributed by atoms with Gasteiger partial charge in [0, 0.05) is 27.8 Å². The lowest BCUT2D eigenvalue weighted by molar-refractivity contribution is 0.476. The Morgan fingerprint density at radius 3 is 1.00 bits per heavy atom. The van der Waals surface area contributed by atoms with E-state index >= 15 is 8.78 Å². The van der Waals surface area contributed by atoms with Gasteiger partial charge in [-0.1, -0.05) is 113 Å². The predicted octanol–water partition coefficient (Wildman–Crippen LogP) is 14.7. The van der Waals surface area contributed by atoms with Crippen molar-refractivity contribution in [1.82, 2.24) is 0 Å². The second-order valence-corrected chi connectivity index (χ2v) is 14.3. The standard InChI is InChI=1S/C48H38F2N2O2/c1-29(2)43-45(31-17-5-7-19-33(31)49)47(51-35-21-9-13-25-39(35)53-40-26-14-10-22-36(40)51)44(30(3)4)48(46(43)32-18-6-8-20-34(32)50)52-37-23-11-15-27-41(37)54-42-28-16-12-24-38(42)52/h5-30H,1-4H3. The highest BCUT2D eigenvalue weighted by Crippen LogP contribution is 2.63. The Bertz CT molecular complexity index is 2320. The van der Waals surface area contributed by atoms with E-state index in [9.17, 15) is 0 Å². The number of benzene rings is 7. The quantitative estimate of drug-likeness (QED) is 0.171. The van der Waals surface area contributed by atoms with Crippen molar-refractivity contribution in [1.29, 1.82) is 0 Å². The van der Waals surface area contributed by atoms with E-state index in [1.165, 1.54) is 12.1 Å². The van der Waals surface area contributed by atoms with Crippen molar-refractivity contribution in [2.24, 2.45) is 0 Å².